The Hall–Kier alpha value is -4.59. The van der Waals surface area contributed by atoms with E-state index < -0.39 is 6.04 Å². The predicted octanol–water partition coefficient (Wildman–Crippen LogP) is 4.00. The highest BCUT2D eigenvalue weighted by molar-refractivity contribution is 6.05. The van der Waals surface area contributed by atoms with Crippen LogP contribution in [0.4, 0.5) is 11.4 Å². The number of benzene rings is 3. The van der Waals surface area contributed by atoms with Crippen LogP contribution in [0.15, 0.2) is 79.0 Å². The van der Waals surface area contributed by atoms with Gasteiger partial charge in [0.25, 0.3) is 5.91 Å². The predicted molar refractivity (Wildman–Crippen MR) is 146 cm³/mol. The number of fused-ring (bicyclic) bond motifs is 1. The van der Waals surface area contributed by atoms with Gasteiger partial charge in [-0.05, 0) is 47.4 Å². The highest BCUT2D eigenvalue weighted by Crippen LogP contribution is 2.19. The van der Waals surface area contributed by atoms with Crippen LogP contribution in [0, 0.1) is 5.92 Å². The lowest BCUT2D eigenvalue weighted by atomic mass is 10.0. The number of amides is 3. The van der Waals surface area contributed by atoms with Gasteiger partial charge in [-0.25, -0.2) is 0 Å². The molecule has 0 radical (unpaired) electrons. The van der Waals surface area contributed by atoms with Crippen LogP contribution in [0.5, 0.6) is 0 Å². The fourth-order valence-corrected chi connectivity index (χ4v) is 4.09. The molecule has 8 nitrogen and oxygen atoms in total. The van der Waals surface area contributed by atoms with Crippen molar-refractivity contribution in [1.29, 1.82) is 0 Å². The van der Waals surface area contributed by atoms with E-state index in [0.717, 1.165) is 22.0 Å². The monoisotopic (exact) mass is 497 g/mol. The molecule has 0 saturated carbocycles. The SMILES string of the molecule is CC(C)C(NC(=O)Cc1c[nH]c2ccccc12)C(=O)NCc1ccc(C(=O)Nc2ccccc2N)cc1. The number of H-pyrrole nitrogens is 1. The molecule has 8 heteroatoms. The van der Waals surface area contributed by atoms with Crippen molar-refractivity contribution in [3.8, 4) is 0 Å². The number of para-hydroxylation sites is 3. The molecule has 1 aromatic heterocycles. The van der Waals surface area contributed by atoms with Crippen molar-refractivity contribution in [3.05, 3.63) is 95.7 Å². The summed E-state index contributed by atoms with van der Waals surface area (Å²) in [7, 11) is 0. The Kier molecular flexibility index (Phi) is 7.88. The summed E-state index contributed by atoms with van der Waals surface area (Å²) in [6.07, 6.45) is 2.01. The van der Waals surface area contributed by atoms with Gasteiger partial charge in [0.1, 0.15) is 6.04 Å². The van der Waals surface area contributed by atoms with Gasteiger partial charge in [0, 0.05) is 29.2 Å². The standard InChI is InChI=1S/C29H31N5O3/c1-18(2)27(34-26(35)15-21-17-31-24-9-5-3-7-22(21)24)29(37)32-16-19-11-13-20(14-12-19)28(36)33-25-10-6-4-8-23(25)30/h3-14,17-18,27,31H,15-16,30H2,1-2H3,(H,32,37)(H,33,36)(H,34,35). The van der Waals surface area contributed by atoms with Gasteiger partial charge in [0.15, 0.2) is 0 Å². The van der Waals surface area contributed by atoms with E-state index in [1.54, 1.807) is 48.5 Å². The van der Waals surface area contributed by atoms with Gasteiger partial charge in [-0.2, -0.15) is 0 Å². The first-order valence-corrected chi connectivity index (χ1v) is 12.2. The summed E-state index contributed by atoms with van der Waals surface area (Å²) in [6, 6.07) is 21.1. The third-order valence-electron chi connectivity index (χ3n) is 6.18. The summed E-state index contributed by atoms with van der Waals surface area (Å²) in [5.41, 5.74) is 10.1. The maximum Gasteiger partial charge on any atom is 0.255 e. The Morgan fingerprint density at radius 1 is 0.919 bits per heavy atom. The largest absolute Gasteiger partial charge is 0.397 e. The maximum absolute atomic E-state index is 12.9. The van der Waals surface area contributed by atoms with Crippen molar-refractivity contribution in [2.45, 2.75) is 32.9 Å². The molecule has 0 fully saturated rings. The maximum atomic E-state index is 12.9. The Bertz CT molecular complexity index is 1410. The van der Waals surface area contributed by atoms with Gasteiger partial charge in [0.05, 0.1) is 17.8 Å². The van der Waals surface area contributed by atoms with E-state index in [-0.39, 0.29) is 36.6 Å². The van der Waals surface area contributed by atoms with Gasteiger partial charge >= 0.3 is 0 Å². The summed E-state index contributed by atoms with van der Waals surface area (Å²) in [5, 5.41) is 9.56. The summed E-state index contributed by atoms with van der Waals surface area (Å²) in [5.74, 6) is -0.841. The zero-order valence-electron chi connectivity index (χ0n) is 20.9. The Morgan fingerprint density at radius 3 is 2.35 bits per heavy atom. The molecule has 3 aromatic carbocycles. The second kappa shape index (κ2) is 11.4. The van der Waals surface area contributed by atoms with E-state index in [4.69, 9.17) is 5.73 Å². The first-order valence-electron chi connectivity index (χ1n) is 12.2. The molecule has 0 bridgehead atoms. The van der Waals surface area contributed by atoms with Crippen molar-refractivity contribution in [3.63, 3.8) is 0 Å². The third-order valence-corrected chi connectivity index (χ3v) is 6.18. The van der Waals surface area contributed by atoms with Crippen LogP contribution < -0.4 is 21.7 Å². The molecular weight excluding hydrogens is 466 g/mol. The number of hydrogen-bond acceptors (Lipinski definition) is 4. The lowest BCUT2D eigenvalue weighted by Gasteiger charge is -2.22. The Balaban J connectivity index is 1.31. The zero-order chi connectivity index (χ0) is 26.4. The average Bonchev–Trinajstić information content (AvgIpc) is 3.30. The Morgan fingerprint density at radius 2 is 1.62 bits per heavy atom. The topological polar surface area (TPSA) is 129 Å². The minimum absolute atomic E-state index is 0.0941. The molecule has 0 spiro atoms. The van der Waals surface area contributed by atoms with Gasteiger partial charge < -0.3 is 26.7 Å². The number of hydrogen-bond donors (Lipinski definition) is 5. The molecule has 4 aromatic rings. The summed E-state index contributed by atoms with van der Waals surface area (Å²) in [6.45, 7) is 4.06. The highest BCUT2D eigenvalue weighted by Gasteiger charge is 2.24. The Labute approximate surface area is 215 Å². The average molecular weight is 498 g/mol. The number of aromatic amines is 1. The fourth-order valence-electron chi connectivity index (χ4n) is 4.09. The van der Waals surface area contributed by atoms with Crippen LogP contribution >= 0.6 is 0 Å². The fraction of sp³-hybridized carbons (Fsp3) is 0.207. The number of nitrogen functional groups attached to an aromatic ring is 1. The molecule has 1 unspecified atom stereocenters. The van der Waals surface area contributed by atoms with E-state index >= 15 is 0 Å². The second-order valence-electron chi connectivity index (χ2n) is 9.28. The van der Waals surface area contributed by atoms with Gasteiger partial charge in [-0.1, -0.05) is 56.3 Å². The van der Waals surface area contributed by atoms with Crippen molar-refractivity contribution >= 4 is 40.0 Å². The number of aromatic nitrogens is 1. The molecule has 3 amide bonds. The molecule has 1 heterocycles. The number of nitrogens with one attached hydrogen (secondary N) is 4. The first kappa shape index (κ1) is 25.5. The van der Waals surface area contributed by atoms with Crippen LogP contribution in [0.2, 0.25) is 0 Å². The molecular formula is C29H31N5O3. The van der Waals surface area contributed by atoms with E-state index in [1.165, 1.54) is 0 Å². The molecule has 0 aliphatic heterocycles. The smallest absolute Gasteiger partial charge is 0.255 e. The number of anilines is 2. The van der Waals surface area contributed by atoms with Crippen molar-refractivity contribution in [2.75, 3.05) is 11.1 Å². The summed E-state index contributed by atoms with van der Waals surface area (Å²) < 4.78 is 0. The molecule has 1 atom stereocenters. The highest BCUT2D eigenvalue weighted by atomic mass is 16.2. The zero-order valence-corrected chi connectivity index (χ0v) is 20.9. The van der Waals surface area contributed by atoms with Gasteiger partial charge in [-0.15, -0.1) is 0 Å². The molecule has 6 N–H and O–H groups in total. The third kappa shape index (κ3) is 6.35. The molecule has 0 aliphatic rings. The first-order chi connectivity index (χ1) is 17.8. The van der Waals surface area contributed by atoms with Crippen LogP contribution in [-0.4, -0.2) is 28.7 Å². The lowest BCUT2D eigenvalue weighted by molar-refractivity contribution is -0.129. The van der Waals surface area contributed by atoms with Crippen molar-refractivity contribution in [1.82, 2.24) is 15.6 Å². The minimum atomic E-state index is -0.668. The minimum Gasteiger partial charge on any atom is -0.397 e. The normalized spacial score (nSPS) is 11.8. The number of rotatable bonds is 9. The van der Waals surface area contributed by atoms with Crippen molar-refractivity contribution < 1.29 is 14.4 Å². The molecule has 4 rings (SSSR count). The number of nitrogens with two attached hydrogens (primary N) is 1. The van der Waals surface area contributed by atoms with Crippen LogP contribution in [0.1, 0.15) is 35.3 Å². The quantitative estimate of drug-likeness (QED) is 0.224. The lowest BCUT2D eigenvalue weighted by Crippen LogP contribution is -2.49. The molecule has 0 saturated heterocycles. The van der Waals surface area contributed by atoms with Crippen LogP contribution in [0.25, 0.3) is 10.9 Å². The van der Waals surface area contributed by atoms with E-state index in [0.29, 0.717) is 16.9 Å². The van der Waals surface area contributed by atoms with E-state index in [2.05, 4.69) is 20.9 Å². The van der Waals surface area contributed by atoms with Gasteiger partial charge in [0.2, 0.25) is 11.8 Å². The summed E-state index contributed by atoms with van der Waals surface area (Å²) in [4.78, 5) is 41.3. The van der Waals surface area contributed by atoms with Gasteiger partial charge in [-0.3, -0.25) is 14.4 Å². The van der Waals surface area contributed by atoms with E-state index in [9.17, 15) is 14.4 Å². The molecule has 190 valence electrons. The van der Waals surface area contributed by atoms with Crippen LogP contribution in [0.3, 0.4) is 0 Å². The second-order valence-corrected chi connectivity index (χ2v) is 9.28. The molecule has 0 aliphatic carbocycles. The van der Waals surface area contributed by atoms with Crippen LogP contribution in [-0.2, 0) is 22.6 Å². The van der Waals surface area contributed by atoms with E-state index in [1.807, 2.05) is 44.3 Å². The number of carbonyl (C=O) groups excluding carboxylic acids is 3. The molecule has 37 heavy (non-hydrogen) atoms. The summed E-state index contributed by atoms with van der Waals surface area (Å²) >= 11 is 0. The number of carbonyl (C=O) groups is 3. The van der Waals surface area contributed by atoms with Crippen molar-refractivity contribution in [2.24, 2.45) is 5.92 Å².